The van der Waals surface area contributed by atoms with Crippen LogP contribution in [-0.2, 0) is 30.2 Å². The molecule has 3 aromatic rings. The summed E-state index contributed by atoms with van der Waals surface area (Å²) in [5.74, 6) is -0.122. The Morgan fingerprint density at radius 2 is 1.57 bits per heavy atom. The van der Waals surface area contributed by atoms with E-state index in [0.717, 1.165) is 10.1 Å². The van der Waals surface area contributed by atoms with Gasteiger partial charge in [-0.2, -0.15) is 0 Å². The largest absolute Gasteiger partial charge is 0.493 e. The SMILES string of the molecule is COc1cc([C@@H]2C(C(=O)OCc3ccccc3)=C(C)Nc3c2c(=O)n(C)c(=O)n3C)cc(OC)c1OC. The quantitative estimate of drug-likeness (QED) is 0.486. The van der Waals surface area contributed by atoms with Crippen LogP contribution in [0.4, 0.5) is 5.82 Å². The van der Waals surface area contributed by atoms with Crippen molar-refractivity contribution in [2.24, 2.45) is 14.1 Å². The van der Waals surface area contributed by atoms with Crippen molar-refractivity contribution in [1.82, 2.24) is 9.13 Å². The smallest absolute Gasteiger partial charge is 0.337 e. The number of methoxy groups -OCH3 is 3. The molecule has 37 heavy (non-hydrogen) atoms. The Hall–Kier alpha value is -4.47. The van der Waals surface area contributed by atoms with Gasteiger partial charge < -0.3 is 24.3 Å². The zero-order valence-electron chi connectivity index (χ0n) is 21.6. The van der Waals surface area contributed by atoms with Crippen molar-refractivity contribution in [3.8, 4) is 17.2 Å². The summed E-state index contributed by atoms with van der Waals surface area (Å²) < 4.78 is 24.6. The first-order chi connectivity index (χ1) is 17.7. The number of nitrogens with zero attached hydrogens (tertiary/aromatic N) is 2. The number of fused-ring (bicyclic) bond motifs is 1. The predicted molar refractivity (Wildman–Crippen MR) is 137 cm³/mol. The zero-order valence-corrected chi connectivity index (χ0v) is 21.6. The topological polar surface area (TPSA) is 110 Å². The molecule has 1 aromatic heterocycles. The van der Waals surface area contributed by atoms with Crippen molar-refractivity contribution in [2.75, 3.05) is 26.6 Å². The molecule has 1 aliphatic heterocycles. The molecule has 10 heteroatoms. The van der Waals surface area contributed by atoms with Crippen LogP contribution in [0, 0.1) is 0 Å². The molecule has 1 N–H and O–H groups in total. The molecule has 0 spiro atoms. The van der Waals surface area contributed by atoms with Crippen LogP contribution in [-0.4, -0.2) is 36.4 Å². The van der Waals surface area contributed by atoms with Gasteiger partial charge in [-0.1, -0.05) is 30.3 Å². The second kappa shape index (κ2) is 10.3. The first-order valence-electron chi connectivity index (χ1n) is 11.5. The molecule has 194 valence electrons. The maximum atomic E-state index is 13.6. The summed E-state index contributed by atoms with van der Waals surface area (Å²) in [5.41, 5.74) is 1.21. The van der Waals surface area contributed by atoms with E-state index in [1.54, 1.807) is 26.1 Å². The van der Waals surface area contributed by atoms with Gasteiger partial charge in [0.2, 0.25) is 5.75 Å². The average Bonchev–Trinajstić information content (AvgIpc) is 2.92. The van der Waals surface area contributed by atoms with Crippen molar-refractivity contribution in [2.45, 2.75) is 19.4 Å². The maximum absolute atomic E-state index is 13.6. The van der Waals surface area contributed by atoms with Gasteiger partial charge in [-0.25, -0.2) is 9.59 Å². The van der Waals surface area contributed by atoms with Crippen LogP contribution in [0.1, 0.15) is 29.5 Å². The number of anilines is 1. The highest BCUT2D eigenvalue weighted by Crippen LogP contribution is 2.46. The molecule has 0 saturated heterocycles. The van der Waals surface area contributed by atoms with Gasteiger partial charge in [0.25, 0.3) is 5.56 Å². The first kappa shape index (κ1) is 25.6. The van der Waals surface area contributed by atoms with Gasteiger partial charge in [-0.3, -0.25) is 13.9 Å². The third kappa shape index (κ3) is 4.46. The molecule has 2 heterocycles. The number of esters is 1. The Balaban J connectivity index is 1.95. The predicted octanol–water partition coefficient (Wildman–Crippen LogP) is 2.68. The zero-order chi connectivity index (χ0) is 26.9. The third-order valence-corrected chi connectivity index (χ3v) is 6.44. The van der Waals surface area contributed by atoms with Gasteiger partial charge in [0.05, 0.1) is 38.4 Å². The van der Waals surface area contributed by atoms with E-state index in [0.29, 0.717) is 34.3 Å². The minimum atomic E-state index is -0.890. The number of aromatic nitrogens is 2. The Morgan fingerprint density at radius 3 is 2.14 bits per heavy atom. The molecule has 10 nitrogen and oxygen atoms in total. The fourth-order valence-corrected chi connectivity index (χ4v) is 4.56. The van der Waals surface area contributed by atoms with Crippen LogP contribution in [0.15, 0.2) is 63.3 Å². The Bertz CT molecular complexity index is 1480. The van der Waals surface area contributed by atoms with E-state index in [-0.39, 0.29) is 17.7 Å². The maximum Gasteiger partial charge on any atom is 0.337 e. The number of carbonyl (C=O) groups is 1. The molecular formula is C27H29N3O7. The molecule has 0 radical (unpaired) electrons. The first-order valence-corrected chi connectivity index (χ1v) is 11.5. The summed E-state index contributed by atoms with van der Waals surface area (Å²) in [4.78, 5) is 39.8. The third-order valence-electron chi connectivity index (χ3n) is 6.44. The number of nitrogens with one attached hydrogen (secondary N) is 1. The molecule has 0 unspecified atom stereocenters. The number of hydrogen-bond donors (Lipinski definition) is 1. The summed E-state index contributed by atoms with van der Waals surface area (Å²) in [6.07, 6.45) is 0. The molecule has 0 aliphatic carbocycles. The highest BCUT2D eigenvalue weighted by molar-refractivity contribution is 5.94. The average molecular weight is 508 g/mol. The van der Waals surface area contributed by atoms with E-state index in [9.17, 15) is 14.4 Å². The van der Waals surface area contributed by atoms with Crippen LogP contribution in [0.2, 0.25) is 0 Å². The standard InChI is InChI=1S/C27H29N3O7/c1-15-20(26(32)37-14-16-10-8-7-9-11-16)21(17-12-18(34-4)23(36-6)19(13-17)35-5)22-24(28-15)29(2)27(33)30(3)25(22)31/h7-13,21,28H,14H2,1-6H3/t21-/m1/s1. The molecule has 0 saturated carbocycles. The summed E-state index contributed by atoms with van der Waals surface area (Å²) >= 11 is 0. The van der Waals surface area contributed by atoms with Crippen LogP contribution in [0.5, 0.6) is 17.2 Å². The van der Waals surface area contributed by atoms with Gasteiger partial charge in [0.15, 0.2) is 11.5 Å². The van der Waals surface area contributed by atoms with Gasteiger partial charge in [0.1, 0.15) is 12.4 Å². The van der Waals surface area contributed by atoms with E-state index < -0.39 is 23.1 Å². The van der Waals surface area contributed by atoms with Gasteiger partial charge in [0, 0.05) is 19.8 Å². The number of carbonyl (C=O) groups excluding carboxylic acids is 1. The normalized spacial score (nSPS) is 14.5. The van der Waals surface area contributed by atoms with Crippen molar-refractivity contribution in [1.29, 1.82) is 0 Å². The van der Waals surface area contributed by atoms with Crippen LogP contribution < -0.4 is 30.8 Å². The fourth-order valence-electron chi connectivity index (χ4n) is 4.56. The molecule has 1 aliphatic rings. The second-order valence-electron chi connectivity index (χ2n) is 8.59. The number of hydrogen-bond acceptors (Lipinski definition) is 8. The van der Waals surface area contributed by atoms with Crippen molar-refractivity contribution in [3.05, 3.63) is 91.3 Å². The summed E-state index contributed by atoms with van der Waals surface area (Å²) in [5, 5.41) is 3.09. The van der Waals surface area contributed by atoms with Crippen molar-refractivity contribution in [3.63, 3.8) is 0 Å². The lowest BCUT2D eigenvalue weighted by atomic mass is 9.82. The molecule has 4 rings (SSSR count). The minimum absolute atomic E-state index is 0.0522. The lowest BCUT2D eigenvalue weighted by molar-refractivity contribution is -0.140. The van der Waals surface area contributed by atoms with E-state index in [4.69, 9.17) is 18.9 Å². The number of rotatable bonds is 7. The lowest BCUT2D eigenvalue weighted by Crippen LogP contribution is -2.43. The van der Waals surface area contributed by atoms with Crippen molar-refractivity contribution >= 4 is 11.8 Å². The molecule has 0 amide bonds. The molecule has 0 fully saturated rings. The molecule has 2 aromatic carbocycles. The number of ether oxygens (including phenoxy) is 4. The second-order valence-corrected chi connectivity index (χ2v) is 8.59. The molecular weight excluding hydrogens is 478 g/mol. The van der Waals surface area contributed by atoms with Crippen LogP contribution in [0.3, 0.4) is 0 Å². The van der Waals surface area contributed by atoms with Crippen LogP contribution >= 0.6 is 0 Å². The Morgan fingerprint density at radius 1 is 0.946 bits per heavy atom. The molecule has 0 bridgehead atoms. The Labute approximate surface area is 213 Å². The minimum Gasteiger partial charge on any atom is -0.493 e. The fraction of sp³-hybridized carbons (Fsp3) is 0.296. The summed E-state index contributed by atoms with van der Waals surface area (Å²) in [6.45, 7) is 1.76. The van der Waals surface area contributed by atoms with Crippen molar-refractivity contribution < 1.29 is 23.7 Å². The number of benzene rings is 2. The monoisotopic (exact) mass is 507 g/mol. The molecule has 1 atom stereocenters. The van der Waals surface area contributed by atoms with Gasteiger partial charge in [-0.05, 0) is 30.2 Å². The van der Waals surface area contributed by atoms with E-state index in [2.05, 4.69) is 5.32 Å². The van der Waals surface area contributed by atoms with E-state index >= 15 is 0 Å². The van der Waals surface area contributed by atoms with Gasteiger partial charge >= 0.3 is 11.7 Å². The van der Waals surface area contributed by atoms with Crippen LogP contribution in [0.25, 0.3) is 0 Å². The highest BCUT2D eigenvalue weighted by Gasteiger charge is 2.38. The van der Waals surface area contributed by atoms with E-state index in [1.165, 1.54) is 32.9 Å². The van der Waals surface area contributed by atoms with Gasteiger partial charge in [-0.15, -0.1) is 0 Å². The lowest BCUT2D eigenvalue weighted by Gasteiger charge is -2.31. The number of allylic oxidation sites excluding steroid dienone is 1. The van der Waals surface area contributed by atoms with E-state index in [1.807, 2.05) is 30.3 Å². The summed E-state index contributed by atoms with van der Waals surface area (Å²) in [7, 11) is 7.41. The summed E-state index contributed by atoms with van der Waals surface area (Å²) in [6, 6.07) is 12.7. The highest BCUT2D eigenvalue weighted by atomic mass is 16.5. The Kier molecular flexibility index (Phi) is 7.10.